The van der Waals surface area contributed by atoms with Crippen molar-refractivity contribution in [1.82, 2.24) is 10.2 Å². The molecule has 0 aliphatic carbocycles. The molecule has 0 saturated heterocycles. The molecule has 68 valence electrons. The van der Waals surface area contributed by atoms with Crippen molar-refractivity contribution < 1.29 is 14.4 Å². The fourth-order valence-electron chi connectivity index (χ4n) is 0.559. The summed E-state index contributed by atoms with van der Waals surface area (Å²) in [5, 5.41) is 2.26. The van der Waals surface area contributed by atoms with Gasteiger partial charge in [0.1, 0.15) is 0 Å². The lowest BCUT2D eigenvalue weighted by Gasteiger charge is -2.07. The lowest BCUT2D eigenvalue weighted by Crippen LogP contribution is -2.33. The highest BCUT2D eigenvalue weighted by molar-refractivity contribution is 6.39. The minimum absolute atomic E-state index is 0.381. The second-order valence-corrected chi connectivity index (χ2v) is 2.47. The maximum Gasteiger partial charge on any atom is 0.289 e. The van der Waals surface area contributed by atoms with Gasteiger partial charge in [0.25, 0.3) is 5.91 Å². The Morgan fingerprint density at radius 2 is 1.75 bits per heavy atom. The number of nitrogens with one attached hydrogen (secondary N) is 1. The highest BCUT2D eigenvalue weighted by Gasteiger charge is 2.18. The van der Waals surface area contributed by atoms with Gasteiger partial charge in [0.2, 0.25) is 11.7 Å². The van der Waals surface area contributed by atoms with Crippen LogP contribution < -0.4 is 5.32 Å². The van der Waals surface area contributed by atoms with Crippen LogP contribution >= 0.6 is 0 Å². The van der Waals surface area contributed by atoms with E-state index >= 15 is 0 Å². The fraction of sp³-hybridized carbons (Fsp3) is 0.571. The van der Waals surface area contributed by atoms with Crippen LogP contribution in [0.3, 0.4) is 0 Å². The van der Waals surface area contributed by atoms with Gasteiger partial charge in [-0.25, -0.2) is 0 Å². The van der Waals surface area contributed by atoms with Crippen LogP contribution in [0, 0.1) is 0 Å². The molecule has 0 rings (SSSR count). The van der Waals surface area contributed by atoms with Crippen molar-refractivity contribution in [3.8, 4) is 0 Å². The van der Waals surface area contributed by atoms with Crippen LogP contribution in [0.5, 0.6) is 0 Å². The minimum Gasteiger partial charge on any atom is -0.359 e. The van der Waals surface area contributed by atoms with Gasteiger partial charge in [0.15, 0.2) is 0 Å². The van der Waals surface area contributed by atoms with E-state index in [4.69, 9.17) is 0 Å². The highest BCUT2D eigenvalue weighted by atomic mass is 16.2. The summed E-state index contributed by atoms with van der Waals surface area (Å²) in [4.78, 5) is 33.6. The first kappa shape index (κ1) is 10.6. The lowest BCUT2D eigenvalue weighted by atomic mass is 10.2. The molecule has 0 spiro atoms. The number of carbonyl (C=O) groups is 3. The Balaban J connectivity index is 4.05. The SMILES string of the molecule is CNC(=O)CC(=O)C(=O)N(C)C. The summed E-state index contributed by atoms with van der Waals surface area (Å²) in [6, 6.07) is 0. The highest BCUT2D eigenvalue weighted by Crippen LogP contribution is 1.88. The van der Waals surface area contributed by atoms with E-state index in [9.17, 15) is 14.4 Å². The molecule has 0 aliphatic rings. The molecule has 0 bridgehead atoms. The maximum atomic E-state index is 10.9. The normalized spacial score (nSPS) is 8.92. The van der Waals surface area contributed by atoms with E-state index in [-0.39, 0.29) is 6.42 Å². The molecule has 0 aliphatic heterocycles. The second kappa shape index (κ2) is 4.48. The zero-order chi connectivity index (χ0) is 9.72. The first-order chi connectivity index (χ1) is 5.49. The van der Waals surface area contributed by atoms with Gasteiger partial charge in [-0.2, -0.15) is 0 Å². The average Bonchev–Trinajstić information content (AvgIpc) is 2.02. The van der Waals surface area contributed by atoms with Crippen LogP contribution in [0.15, 0.2) is 0 Å². The number of hydrogen-bond donors (Lipinski definition) is 1. The van der Waals surface area contributed by atoms with Gasteiger partial charge in [-0.3, -0.25) is 14.4 Å². The van der Waals surface area contributed by atoms with Gasteiger partial charge in [0, 0.05) is 21.1 Å². The lowest BCUT2D eigenvalue weighted by molar-refractivity contribution is -0.144. The van der Waals surface area contributed by atoms with Gasteiger partial charge in [-0.1, -0.05) is 0 Å². The van der Waals surface area contributed by atoms with Crippen molar-refractivity contribution >= 4 is 17.6 Å². The number of amides is 2. The Morgan fingerprint density at radius 3 is 2.08 bits per heavy atom. The quantitative estimate of drug-likeness (QED) is 0.428. The summed E-state index contributed by atoms with van der Waals surface area (Å²) < 4.78 is 0. The van der Waals surface area contributed by atoms with Crippen LogP contribution in [-0.2, 0) is 14.4 Å². The molecule has 12 heavy (non-hydrogen) atoms. The molecular formula is C7H12N2O3. The number of Topliss-reactive ketones (excluding diaryl/α,β-unsaturated/α-hetero) is 1. The average molecular weight is 172 g/mol. The number of likely N-dealkylation sites (N-methyl/N-ethyl adjacent to an activating group) is 1. The van der Waals surface area contributed by atoms with Crippen molar-refractivity contribution in [1.29, 1.82) is 0 Å². The Kier molecular flexibility index (Phi) is 3.96. The molecule has 5 nitrogen and oxygen atoms in total. The van der Waals surface area contributed by atoms with E-state index in [0.717, 1.165) is 4.90 Å². The molecule has 2 amide bonds. The zero-order valence-corrected chi connectivity index (χ0v) is 7.38. The second-order valence-electron chi connectivity index (χ2n) is 2.47. The van der Waals surface area contributed by atoms with Crippen LogP contribution in [0.25, 0.3) is 0 Å². The summed E-state index contributed by atoms with van der Waals surface area (Å²) in [7, 11) is 4.34. The van der Waals surface area contributed by atoms with E-state index in [0.29, 0.717) is 0 Å². The Morgan fingerprint density at radius 1 is 1.25 bits per heavy atom. The van der Waals surface area contributed by atoms with Crippen molar-refractivity contribution in [2.75, 3.05) is 21.1 Å². The molecule has 0 heterocycles. The number of carbonyl (C=O) groups excluding carboxylic acids is 3. The molecule has 0 aromatic carbocycles. The van der Waals surface area contributed by atoms with Gasteiger partial charge in [-0.15, -0.1) is 0 Å². The molecule has 0 fully saturated rings. The molecule has 5 heteroatoms. The van der Waals surface area contributed by atoms with E-state index in [2.05, 4.69) is 5.32 Å². The summed E-state index contributed by atoms with van der Waals surface area (Å²) in [5.41, 5.74) is 0. The van der Waals surface area contributed by atoms with Crippen molar-refractivity contribution in [2.45, 2.75) is 6.42 Å². The zero-order valence-electron chi connectivity index (χ0n) is 7.38. The smallest absolute Gasteiger partial charge is 0.289 e. The maximum absolute atomic E-state index is 10.9. The predicted octanol–water partition coefficient (Wildman–Crippen LogP) is -1.22. The fourth-order valence-corrected chi connectivity index (χ4v) is 0.559. The molecule has 0 aromatic rings. The first-order valence-corrected chi connectivity index (χ1v) is 3.44. The molecule has 0 radical (unpaired) electrons. The molecule has 0 unspecified atom stereocenters. The molecule has 0 atom stereocenters. The summed E-state index contributed by atoms with van der Waals surface area (Å²) in [6.45, 7) is 0. The first-order valence-electron chi connectivity index (χ1n) is 3.44. The van der Waals surface area contributed by atoms with Crippen LogP contribution in [0.2, 0.25) is 0 Å². The minimum atomic E-state index is -0.695. The molecule has 1 N–H and O–H groups in total. The Bertz CT molecular complexity index is 211. The van der Waals surface area contributed by atoms with E-state index in [1.165, 1.54) is 21.1 Å². The van der Waals surface area contributed by atoms with Crippen molar-refractivity contribution in [3.05, 3.63) is 0 Å². The Labute approximate surface area is 70.7 Å². The standard InChI is InChI=1S/C7H12N2O3/c1-8-6(11)4-5(10)7(12)9(2)3/h4H2,1-3H3,(H,8,11). The van der Waals surface area contributed by atoms with Crippen molar-refractivity contribution in [2.24, 2.45) is 0 Å². The number of hydrogen-bond acceptors (Lipinski definition) is 3. The van der Waals surface area contributed by atoms with E-state index in [1.54, 1.807) is 0 Å². The molecular weight excluding hydrogens is 160 g/mol. The van der Waals surface area contributed by atoms with Crippen LogP contribution in [-0.4, -0.2) is 43.6 Å². The van der Waals surface area contributed by atoms with E-state index < -0.39 is 17.6 Å². The Hall–Kier alpha value is -1.39. The summed E-state index contributed by atoms with van der Waals surface area (Å²) >= 11 is 0. The number of rotatable bonds is 3. The van der Waals surface area contributed by atoms with Gasteiger partial charge >= 0.3 is 0 Å². The summed E-state index contributed by atoms with van der Waals surface area (Å²) in [5.74, 6) is -1.80. The third kappa shape index (κ3) is 3.14. The van der Waals surface area contributed by atoms with Crippen LogP contribution in [0.1, 0.15) is 6.42 Å². The number of nitrogens with zero attached hydrogens (tertiary/aromatic N) is 1. The third-order valence-electron chi connectivity index (χ3n) is 1.24. The predicted molar refractivity (Wildman–Crippen MR) is 42.4 cm³/mol. The van der Waals surface area contributed by atoms with Gasteiger partial charge in [-0.05, 0) is 0 Å². The largest absolute Gasteiger partial charge is 0.359 e. The topological polar surface area (TPSA) is 66.5 Å². The molecule has 0 aromatic heterocycles. The number of ketones is 1. The monoisotopic (exact) mass is 172 g/mol. The molecule has 0 saturated carbocycles. The third-order valence-corrected chi connectivity index (χ3v) is 1.24. The van der Waals surface area contributed by atoms with Crippen molar-refractivity contribution in [3.63, 3.8) is 0 Å². The summed E-state index contributed by atoms with van der Waals surface area (Å²) in [6.07, 6.45) is -0.381. The van der Waals surface area contributed by atoms with Gasteiger partial charge in [0.05, 0.1) is 6.42 Å². The van der Waals surface area contributed by atoms with E-state index in [1.807, 2.05) is 0 Å². The van der Waals surface area contributed by atoms with Crippen LogP contribution in [0.4, 0.5) is 0 Å². The van der Waals surface area contributed by atoms with Gasteiger partial charge < -0.3 is 10.2 Å².